The van der Waals surface area contributed by atoms with Crippen LogP contribution in [0.3, 0.4) is 0 Å². The third-order valence-corrected chi connectivity index (χ3v) is 4.43. The molecule has 19 heavy (non-hydrogen) atoms. The molecule has 0 aliphatic carbocycles. The summed E-state index contributed by atoms with van der Waals surface area (Å²) in [5.74, 6) is 0. The van der Waals surface area contributed by atoms with Crippen molar-refractivity contribution in [1.82, 2.24) is 4.57 Å². The summed E-state index contributed by atoms with van der Waals surface area (Å²) in [7, 11) is 0. The maximum atomic E-state index is 6.27. The summed E-state index contributed by atoms with van der Waals surface area (Å²) in [5.41, 5.74) is 2.33. The molecule has 0 unspecified atom stereocenters. The summed E-state index contributed by atoms with van der Waals surface area (Å²) in [6.07, 6.45) is 2.09. The summed E-state index contributed by atoms with van der Waals surface area (Å²) >= 11 is 13.2. The number of rotatable bonds is 2. The summed E-state index contributed by atoms with van der Waals surface area (Å²) in [6.45, 7) is 0.775. The number of halogens is 3. The predicted molar refractivity (Wildman–Crippen MR) is 87.9 cm³/mol. The second-order valence-electron chi connectivity index (χ2n) is 4.38. The van der Waals surface area contributed by atoms with Gasteiger partial charge in [0, 0.05) is 37.6 Å². The Labute approximate surface area is 133 Å². The van der Waals surface area contributed by atoms with Crippen molar-refractivity contribution >= 4 is 54.4 Å². The number of nitrogens with zero attached hydrogens (tertiary/aromatic N) is 1. The highest BCUT2D eigenvalue weighted by Gasteiger charge is 2.05. The Morgan fingerprint density at radius 2 is 1.68 bits per heavy atom. The van der Waals surface area contributed by atoms with E-state index in [4.69, 9.17) is 11.6 Å². The van der Waals surface area contributed by atoms with Crippen LogP contribution in [0.1, 0.15) is 5.56 Å². The highest BCUT2D eigenvalue weighted by Crippen LogP contribution is 2.25. The third-order valence-electron chi connectivity index (χ3n) is 3.09. The molecule has 0 saturated carbocycles. The van der Waals surface area contributed by atoms with E-state index in [1.807, 2.05) is 12.1 Å². The van der Waals surface area contributed by atoms with Gasteiger partial charge in [0.2, 0.25) is 0 Å². The first-order chi connectivity index (χ1) is 9.13. The SMILES string of the molecule is Clc1cc(Br)ccc1Cn1ccc2cc(Br)ccc21. The summed E-state index contributed by atoms with van der Waals surface area (Å²) in [4.78, 5) is 0. The smallest absolute Gasteiger partial charge is 0.0490 e. The molecular formula is C15H10Br2ClN. The fraction of sp³-hybridized carbons (Fsp3) is 0.0667. The van der Waals surface area contributed by atoms with E-state index < -0.39 is 0 Å². The lowest BCUT2D eigenvalue weighted by Crippen LogP contribution is -1.98. The molecule has 4 heteroatoms. The second kappa shape index (κ2) is 5.31. The lowest BCUT2D eigenvalue weighted by atomic mass is 10.2. The molecule has 2 aromatic carbocycles. The molecule has 1 aromatic heterocycles. The molecule has 1 heterocycles. The van der Waals surface area contributed by atoms with Crippen molar-refractivity contribution in [3.05, 3.63) is 68.2 Å². The molecule has 0 spiro atoms. The average Bonchev–Trinajstić information content (AvgIpc) is 2.75. The Morgan fingerprint density at radius 3 is 2.47 bits per heavy atom. The largest absolute Gasteiger partial charge is 0.343 e. The topological polar surface area (TPSA) is 4.93 Å². The van der Waals surface area contributed by atoms with Crippen molar-refractivity contribution in [2.75, 3.05) is 0 Å². The normalized spacial score (nSPS) is 11.1. The Bertz CT molecular complexity index is 749. The van der Waals surface area contributed by atoms with Crippen LogP contribution in [-0.4, -0.2) is 4.57 Å². The summed E-state index contributed by atoms with van der Waals surface area (Å²) in [5, 5.41) is 2.01. The molecule has 0 N–H and O–H groups in total. The minimum atomic E-state index is 0.775. The van der Waals surface area contributed by atoms with Crippen molar-refractivity contribution in [3.8, 4) is 0 Å². The van der Waals surface area contributed by atoms with Gasteiger partial charge < -0.3 is 4.57 Å². The van der Waals surface area contributed by atoms with Gasteiger partial charge in [-0.3, -0.25) is 0 Å². The molecule has 3 rings (SSSR count). The van der Waals surface area contributed by atoms with Crippen molar-refractivity contribution in [3.63, 3.8) is 0 Å². The van der Waals surface area contributed by atoms with Crippen molar-refractivity contribution in [1.29, 1.82) is 0 Å². The molecule has 0 bridgehead atoms. The lowest BCUT2D eigenvalue weighted by Gasteiger charge is -2.08. The van der Waals surface area contributed by atoms with E-state index in [9.17, 15) is 0 Å². The average molecular weight is 400 g/mol. The minimum Gasteiger partial charge on any atom is -0.343 e. The van der Waals surface area contributed by atoms with E-state index >= 15 is 0 Å². The van der Waals surface area contributed by atoms with Crippen LogP contribution >= 0.6 is 43.5 Å². The molecule has 0 radical (unpaired) electrons. The van der Waals surface area contributed by atoms with Gasteiger partial charge >= 0.3 is 0 Å². The van der Waals surface area contributed by atoms with Gasteiger partial charge in [-0.1, -0.05) is 49.5 Å². The third kappa shape index (κ3) is 2.73. The van der Waals surface area contributed by atoms with Crippen LogP contribution < -0.4 is 0 Å². The van der Waals surface area contributed by atoms with Crippen LogP contribution in [0.15, 0.2) is 57.6 Å². The first kappa shape index (κ1) is 13.2. The zero-order valence-corrected chi connectivity index (χ0v) is 13.8. The maximum Gasteiger partial charge on any atom is 0.0490 e. The first-order valence-electron chi connectivity index (χ1n) is 5.82. The molecule has 0 aliphatic rings. The second-order valence-corrected chi connectivity index (χ2v) is 6.62. The van der Waals surface area contributed by atoms with E-state index in [2.05, 4.69) is 73.0 Å². The van der Waals surface area contributed by atoms with Crippen molar-refractivity contribution in [2.24, 2.45) is 0 Å². The van der Waals surface area contributed by atoms with Crippen LogP contribution in [0, 0.1) is 0 Å². The van der Waals surface area contributed by atoms with E-state index in [-0.39, 0.29) is 0 Å². The predicted octanol–water partition coefficient (Wildman–Crippen LogP) is 5.87. The molecule has 0 aliphatic heterocycles. The Hall–Kier alpha value is -0.770. The molecule has 96 valence electrons. The van der Waals surface area contributed by atoms with Gasteiger partial charge in [0.05, 0.1) is 0 Å². The van der Waals surface area contributed by atoms with E-state index in [1.54, 1.807) is 0 Å². The van der Waals surface area contributed by atoms with Gasteiger partial charge in [0.15, 0.2) is 0 Å². The molecule has 0 fully saturated rings. The molecule has 1 nitrogen and oxygen atoms in total. The zero-order valence-electron chi connectivity index (χ0n) is 9.91. The maximum absolute atomic E-state index is 6.27. The molecule has 0 atom stereocenters. The highest BCUT2D eigenvalue weighted by atomic mass is 79.9. The Kier molecular flexibility index (Phi) is 3.70. The molecule has 3 aromatic rings. The van der Waals surface area contributed by atoms with Gasteiger partial charge in [0.25, 0.3) is 0 Å². The zero-order chi connectivity index (χ0) is 13.4. The molecular weight excluding hydrogens is 389 g/mol. The quantitative estimate of drug-likeness (QED) is 0.508. The summed E-state index contributed by atoms with van der Waals surface area (Å²) < 4.78 is 4.30. The van der Waals surface area contributed by atoms with Gasteiger partial charge in [-0.15, -0.1) is 0 Å². The number of benzene rings is 2. The first-order valence-corrected chi connectivity index (χ1v) is 7.78. The lowest BCUT2D eigenvalue weighted by molar-refractivity contribution is 0.837. The van der Waals surface area contributed by atoms with Gasteiger partial charge in [-0.25, -0.2) is 0 Å². The number of fused-ring (bicyclic) bond motifs is 1. The van der Waals surface area contributed by atoms with Crippen LogP contribution in [0.4, 0.5) is 0 Å². The van der Waals surface area contributed by atoms with Crippen molar-refractivity contribution < 1.29 is 0 Å². The van der Waals surface area contributed by atoms with Crippen LogP contribution in [0.25, 0.3) is 10.9 Å². The number of hydrogen-bond acceptors (Lipinski definition) is 0. The Balaban J connectivity index is 2.01. The Morgan fingerprint density at radius 1 is 0.947 bits per heavy atom. The van der Waals surface area contributed by atoms with E-state index in [0.717, 1.165) is 26.1 Å². The van der Waals surface area contributed by atoms with Crippen LogP contribution in [-0.2, 0) is 6.54 Å². The van der Waals surface area contributed by atoms with Crippen LogP contribution in [0.5, 0.6) is 0 Å². The van der Waals surface area contributed by atoms with Gasteiger partial charge in [0.1, 0.15) is 0 Å². The van der Waals surface area contributed by atoms with Gasteiger partial charge in [-0.2, -0.15) is 0 Å². The fourth-order valence-electron chi connectivity index (χ4n) is 2.14. The standard InChI is InChI=1S/C15H10Br2ClN/c16-12-3-4-15-10(7-12)5-6-19(15)9-11-1-2-13(17)8-14(11)18/h1-8H,9H2. The van der Waals surface area contributed by atoms with Crippen molar-refractivity contribution in [2.45, 2.75) is 6.54 Å². The highest BCUT2D eigenvalue weighted by molar-refractivity contribution is 9.10. The number of aromatic nitrogens is 1. The monoisotopic (exact) mass is 397 g/mol. The van der Waals surface area contributed by atoms with E-state index in [0.29, 0.717) is 0 Å². The number of hydrogen-bond donors (Lipinski definition) is 0. The van der Waals surface area contributed by atoms with Gasteiger partial charge in [-0.05, 0) is 42.0 Å². The molecule has 0 amide bonds. The minimum absolute atomic E-state index is 0.775. The van der Waals surface area contributed by atoms with E-state index in [1.165, 1.54) is 10.9 Å². The fourth-order valence-corrected chi connectivity index (χ4v) is 3.25. The molecule has 0 saturated heterocycles. The summed E-state index contributed by atoms with van der Waals surface area (Å²) in [6, 6.07) is 14.4. The van der Waals surface area contributed by atoms with Crippen LogP contribution in [0.2, 0.25) is 5.02 Å².